The average molecular weight is 501 g/mol. The molecule has 1 unspecified atom stereocenters. The van der Waals surface area contributed by atoms with Crippen LogP contribution in [0.5, 0.6) is 0 Å². The highest BCUT2D eigenvalue weighted by molar-refractivity contribution is 9.10. The van der Waals surface area contributed by atoms with E-state index in [1.807, 2.05) is 26.8 Å². The van der Waals surface area contributed by atoms with Crippen molar-refractivity contribution in [3.8, 4) is 0 Å². The largest absolute Gasteiger partial charge is 0.524 e. The average Bonchev–Trinajstić information content (AvgIpc) is 2.97. The maximum Gasteiger partial charge on any atom is 0.524 e. The molecule has 3 rings (SSSR count). The van der Waals surface area contributed by atoms with Gasteiger partial charge in [-0.3, -0.25) is 0 Å². The monoisotopic (exact) mass is 500 g/mol. The van der Waals surface area contributed by atoms with E-state index < -0.39 is 31.9 Å². The van der Waals surface area contributed by atoms with Crippen LogP contribution in [-0.4, -0.2) is 49.2 Å². The molecule has 30 heavy (non-hydrogen) atoms. The zero-order valence-corrected chi connectivity index (χ0v) is 20.0. The molecule has 1 N–H and O–H groups in total. The first-order valence-electron chi connectivity index (χ1n) is 9.91. The van der Waals surface area contributed by atoms with Gasteiger partial charge in [0.05, 0.1) is 18.1 Å². The van der Waals surface area contributed by atoms with E-state index in [4.69, 9.17) is 4.74 Å². The van der Waals surface area contributed by atoms with Crippen molar-refractivity contribution < 1.29 is 27.9 Å². The lowest BCUT2D eigenvalue weighted by Gasteiger charge is -2.39. The van der Waals surface area contributed by atoms with Crippen molar-refractivity contribution in [1.82, 2.24) is 4.48 Å². The van der Waals surface area contributed by atoms with Crippen LogP contribution in [0.4, 0.5) is 10.5 Å². The highest BCUT2D eigenvalue weighted by Crippen LogP contribution is 2.52. The molecule has 2 heterocycles. The maximum atomic E-state index is 12.8. The summed E-state index contributed by atoms with van der Waals surface area (Å²) in [6.07, 6.45) is 1.46. The topological polar surface area (TPSA) is 97.7 Å². The summed E-state index contributed by atoms with van der Waals surface area (Å²) in [6.45, 7) is 7.31. The molecule has 0 aromatic heterocycles. The van der Waals surface area contributed by atoms with Crippen molar-refractivity contribution in [3.05, 3.63) is 33.9 Å². The molecule has 0 saturated carbocycles. The number of hydrogen-bond acceptors (Lipinski definition) is 5. The number of sulfone groups is 1. The van der Waals surface area contributed by atoms with Crippen molar-refractivity contribution in [2.24, 2.45) is 5.92 Å². The van der Waals surface area contributed by atoms with E-state index in [2.05, 4.69) is 15.9 Å². The van der Waals surface area contributed by atoms with Crippen LogP contribution in [0.15, 0.2) is 22.8 Å². The zero-order chi connectivity index (χ0) is 22.5. The number of esters is 1. The van der Waals surface area contributed by atoms with Crippen LogP contribution in [0.2, 0.25) is 0 Å². The molecule has 0 aliphatic carbocycles. The second-order valence-electron chi connectivity index (χ2n) is 8.76. The van der Waals surface area contributed by atoms with Gasteiger partial charge < -0.3 is 9.84 Å². The fourth-order valence-electron chi connectivity index (χ4n) is 4.40. The van der Waals surface area contributed by atoms with Gasteiger partial charge in [-0.05, 0) is 58.6 Å². The summed E-state index contributed by atoms with van der Waals surface area (Å²) >= 11 is 3.44. The van der Waals surface area contributed by atoms with Gasteiger partial charge in [-0.2, -0.15) is 9.28 Å². The number of halogens is 1. The van der Waals surface area contributed by atoms with Crippen molar-refractivity contribution in [3.63, 3.8) is 0 Å². The van der Waals surface area contributed by atoms with Crippen molar-refractivity contribution >= 4 is 49.1 Å². The van der Waals surface area contributed by atoms with Gasteiger partial charge in [0.2, 0.25) is 0 Å². The fraction of sp³-hybridized carbons (Fsp3) is 0.524. The predicted molar refractivity (Wildman–Crippen MR) is 119 cm³/mol. The quantitative estimate of drug-likeness (QED) is 0.481. The minimum Gasteiger partial charge on any atom is -0.462 e. The van der Waals surface area contributed by atoms with E-state index in [0.29, 0.717) is 28.6 Å². The number of nitrogens with zero attached hydrogens (tertiary/aromatic N) is 1. The molecule has 1 aromatic carbocycles. The minimum absolute atomic E-state index is 0.0751. The van der Waals surface area contributed by atoms with E-state index in [1.165, 1.54) is 0 Å². The molecule has 2 aliphatic heterocycles. The Hall–Kier alpha value is -1.71. The molecule has 164 valence electrons. The Bertz CT molecular complexity index is 1030. The number of benzene rings is 1. The van der Waals surface area contributed by atoms with E-state index in [1.54, 1.807) is 19.2 Å². The lowest BCUT2D eigenvalue weighted by Crippen LogP contribution is -2.60. The Morgan fingerprint density at radius 2 is 1.83 bits per heavy atom. The van der Waals surface area contributed by atoms with Gasteiger partial charge in [-0.1, -0.05) is 15.9 Å². The number of allylic oxidation sites excluding steroid dienone is 1. The normalized spacial score (nSPS) is 23.6. The third-order valence-corrected chi connectivity index (χ3v) is 8.09. The molecule has 2 aliphatic rings. The molecule has 1 atom stereocenters. The highest BCUT2D eigenvalue weighted by atomic mass is 79.9. The van der Waals surface area contributed by atoms with Crippen molar-refractivity contribution in [1.29, 1.82) is 0 Å². The summed E-state index contributed by atoms with van der Waals surface area (Å²) in [7, 11) is -3.07. The first-order chi connectivity index (χ1) is 13.8. The van der Waals surface area contributed by atoms with E-state index in [0.717, 1.165) is 5.57 Å². The van der Waals surface area contributed by atoms with Gasteiger partial charge in [0.15, 0.2) is 5.69 Å². The number of quaternary nitrogens is 1. The van der Waals surface area contributed by atoms with Crippen LogP contribution in [0.25, 0.3) is 5.57 Å². The third kappa shape index (κ3) is 3.71. The lowest BCUT2D eigenvalue weighted by molar-refractivity contribution is 0.0523. The summed E-state index contributed by atoms with van der Waals surface area (Å²) in [5.41, 5.74) is 1.21. The Morgan fingerprint density at radius 3 is 2.33 bits per heavy atom. The number of rotatable bonds is 3. The zero-order valence-electron chi connectivity index (χ0n) is 17.6. The maximum absolute atomic E-state index is 12.8. The summed E-state index contributed by atoms with van der Waals surface area (Å²) in [6, 6.07) is 3.42. The summed E-state index contributed by atoms with van der Waals surface area (Å²) < 4.78 is 29.2. The van der Waals surface area contributed by atoms with E-state index in [-0.39, 0.29) is 29.6 Å². The molecule has 9 heteroatoms. The summed E-state index contributed by atoms with van der Waals surface area (Å²) in [4.78, 5) is 25.6. The van der Waals surface area contributed by atoms with Crippen LogP contribution in [-0.2, 0) is 14.6 Å². The molecule has 1 fully saturated rings. The van der Waals surface area contributed by atoms with Gasteiger partial charge in [-0.15, -0.1) is 0 Å². The van der Waals surface area contributed by atoms with Gasteiger partial charge >= 0.3 is 12.1 Å². The van der Waals surface area contributed by atoms with Crippen LogP contribution >= 0.6 is 15.9 Å². The molecule has 0 radical (unpaired) electrons. The number of carbonyl (C=O) groups excluding carboxylic acids is 1. The Balaban J connectivity index is 2.30. The standard InChI is InChI=1S/C21H26BrNO6S/c1-5-29-19(24)16-11-14(22)10-15-17(13-6-8-30(27,28)9-7-13)12-23(18(15)16,20(25)26)21(2,3)4/h10-13H,5-9H2,1-4H3/p+1. The Labute approximate surface area is 185 Å². The van der Waals surface area contributed by atoms with Gasteiger partial charge in [0.1, 0.15) is 27.1 Å². The second-order valence-corrected chi connectivity index (χ2v) is 12.0. The fourth-order valence-corrected chi connectivity index (χ4v) is 6.35. The molecular formula is C21H27BrNO6S+. The van der Waals surface area contributed by atoms with Crippen LogP contribution < -0.4 is 4.48 Å². The predicted octanol–water partition coefficient (Wildman–Crippen LogP) is 4.59. The van der Waals surface area contributed by atoms with E-state index in [9.17, 15) is 23.1 Å². The van der Waals surface area contributed by atoms with Crippen molar-refractivity contribution in [2.75, 3.05) is 18.1 Å². The number of fused-ring (bicyclic) bond motifs is 1. The Morgan fingerprint density at radius 1 is 1.23 bits per heavy atom. The molecule has 7 nitrogen and oxygen atoms in total. The van der Waals surface area contributed by atoms with Gasteiger partial charge in [-0.25, -0.2) is 13.2 Å². The number of carbonyl (C=O) groups is 2. The second kappa shape index (κ2) is 7.76. The first-order valence-corrected chi connectivity index (χ1v) is 12.5. The van der Waals surface area contributed by atoms with Crippen LogP contribution in [0.1, 0.15) is 56.5 Å². The number of ether oxygens (including phenoxy) is 1. The first kappa shape index (κ1) is 23.0. The molecule has 1 aromatic rings. The molecule has 0 spiro atoms. The smallest absolute Gasteiger partial charge is 0.462 e. The van der Waals surface area contributed by atoms with Gasteiger partial charge in [0.25, 0.3) is 0 Å². The number of hydrogen-bond donors (Lipinski definition) is 1. The Kier molecular flexibility index (Phi) is 5.94. The summed E-state index contributed by atoms with van der Waals surface area (Å²) in [5, 5.41) is 10.4. The highest BCUT2D eigenvalue weighted by Gasteiger charge is 2.57. The lowest BCUT2D eigenvalue weighted by atomic mass is 9.88. The van der Waals surface area contributed by atoms with Crippen LogP contribution in [0, 0.1) is 5.92 Å². The van der Waals surface area contributed by atoms with Crippen molar-refractivity contribution in [2.45, 2.75) is 46.1 Å². The van der Waals surface area contributed by atoms with Gasteiger partial charge in [0, 0.05) is 15.6 Å². The molecular weight excluding hydrogens is 474 g/mol. The third-order valence-electron chi connectivity index (χ3n) is 5.92. The number of amides is 1. The minimum atomic E-state index is -3.07. The van der Waals surface area contributed by atoms with Crippen LogP contribution in [0.3, 0.4) is 0 Å². The molecule has 1 saturated heterocycles. The van der Waals surface area contributed by atoms with E-state index >= 15 is 0 Å². The molecule has 1 amide bonds. The summed E-state index contributed by atoms with van der Waals surface area (Å²) in [5.74, 6) is -0.528. The SMILES string of the molecule is CCOC(=O)c1cc(Br)cc2c1[N+](C(=O)O)(C(C)(C)C)C=C2C1CCS(=O)(=O)CC1. The number of carboxylic acid groups (broad SMARTS) is 1. The molecule has 0 bridgehead atoms.